The first-order chi connectivity index (χ1) is 8.58. The van der Waals surface area contributed by atoms with E-state index in [1.165, 1.54) is 10.4 Å². The van der Waals surface area contributed by atoms with Crippen LogP contribution in [0.4, 0.5) is 0 Å². The van der Waals surface area contributed by atoms with Gasteiger partial charge >= 0.3 is 0 Å². The molecular formula is C14H17BrN2S. The van der Waals surface area contributed by atoms with Crippen LogP contribution in [0, 0.1) is 6.92 Å². The second kappa shape index (κ2) is 5.95. The number of hydrogen-bond acceptors (Lipinski definition) is 3. The zero-order valence-corrected chi connectivity index (χ0v) is 13.2. The van der Waals surface area contributed by atoms with Crippen molar-refractivity contribution in [3.63, 3.8) is 0 Å². The van der Waals surface area contributed by atoms with Crippen molar-refractivity contribution in [2.45, 2.75) is 32.9 Å². The van der Waals surface area contributed by atoms with Gasteiger partial charge in [0.15, 0.2) is 0 Å². The summed E-state index contributed by atoms with van der Waals surface area (Å²) in [6.07, 6.45) is 0. The Hall–Kier alpha value is -0.710. The van der Waals surface area contributed by atoms with E-state index >= 15 is 0 Å². The first kappa shape index (κ1) is 13.7. The van der Waals surface area contributed by atoms with E-state index in [1.807, 2.05) is 11.6 Å². The molecule has 0 radical (unpaired) electrons. The number of nitrogens with one attached hydrogen (secondary N) is 1. The second-order valence-electron chi connectivity index (χ2n) is 4.47. The van der Waals surface area contributed by atoms with Crippen LogP contribution in [0.2, 0.25) is 0 Å². The molecular weight excluding hydrogens is 308 g/mol. The van der Waals surface area contributed by atoms with E-state index in [9.17, 15) is 0 Å². The lowest BCUT2D eigenvalue weighted by Crippen LogP contribution is -2.22. The van der Waals surface area contributed by atoms with Crippen molar-refractivity contribution in [1.82, 2.24) is 10.3 Å². The number of thiazole rings is 1. The molecule has 18 heavy (non-hydrogen) atoms. The van der Waals surface area contributed by atoms with Crippen molar-refractivity contribution < 1.29 is 0 Å². The van der Waals surface area contributed by atoms with E-state index in [1.54, 1.807) is 11.3 Å². The van der Waals surface area contributed by atoms with Crippen molar-refractivity contribution in [3.8, 4) is 0 Å². The lowest BCUT2D eigenvalue weighted by atomic mass is 10.1. The SMILES string of the molecule is Cc1ncsc1C(C)N[C@H](C)c1cccc(Br)c1. The topological polar surface area (TPSA) is 24.9 Å². The summed E-state index contributed by atoms with van der Waals surface area (Å²) in [7, 11) is 0. The molecule has 0 spiro atoms. The Bertz CT molecular complexity index is 524. The lowest BCUT2D eigenvalue weighted by Gasteiger charge is -2.20. The minimum atomic E-state index is 0.319. The molecule has 0 bridgehead atoms. The molecule has 4 heteroatoms. The molecule has 2 atom stereocenters. The molecule has 2 rings (SSSR count). The summed E-state index contributed by atoms with van der Waals surface area (Å²) in [5.41, 5.74) is 4.33. The average Bonchev–Trinajstić information content (AvgIpc) is 2.75. The molecule has 96 valence electrons. The molecule has 1 aromatic carbocycles. The van der Waals surface area contributed by atoms with Gasteiger partial charge in [0, 0.05) is 21.4 Å². The normalized spacial score (nSPS) is 14.4. The molecule has 0 aliphatic rings. The Balaban J connectivity index is 2.08. The van der Waals surface area contributed by atoms with Gasteiger partial charge in [0.2, 0.25) is 0 Å². The zero-order valence-electron chi connectivity index (χ0n) is 10.8. The first-order valence-corrected chi connectivity index (χ1v) is 7.66. The Kier molecular flexibility index (Phi) is 4.54. The minimum Gasteiger partial charge on any atom is -0.303 e. The van der Waals surface area contributed by atoms with E-state index in [0.29, 0.717) is 12.1 Å². The van der Waals surface area contributed by atoms with Gasteiger partial charge in [-0.05, 0) is 38.5 Å². The van der Waals surface area contributed by atoms with E-state index in [-0.39, 0.29) is 0 Å². The maximum atomic E-state index is 4.30. The second-order valence-corrected chi connectivity index (χ2v) is 6.27. The minimum absolute atomic E-state index is 0.319. The fourth-order valence-electron chi connectivity index (χ4n) is 2.05. The van der Waals surface area contributed by atoms with E-state index in [0.717, 1.165) is 10.2 Å². The zero-order chi connectivity index (χ0) is 13.1. The molecule has 1 aromatic heterocycles. The monoisotopic (exact) mass is 324 g/mol. The molecule has 2 aromatic rings. The maximum Gasteiger partial charge on any atom is 0.0798 e. The van der Waals surface area contributed by atoms with Gasteiger partial charge in [0.25, 0.3) is 0 Å². The Labute approximate surface area is 121 Å². The summed E-state index contributed by atoms with van der Waals surface area (Å²) in [4.78, 5) is 5.62. The predicted octanol–water partition coefficient (Wildman–Crippen LogP) is 4.63. The fourth-order valence-corrected chi connectivity index (χ4v) is 3.29. The molecule has 0 aliphatic heterocycles. The smallest absolute Gasteiger partial charge is 0.0798 e. The van der Waals surface area contributed by atoms with Crippen LogP contribution in [0.3, 0.4) is 0 Å². The van der Waals surface area contributed by atoms with Gasteiger partial charge in [-0.3, -0.25) is 0 Å². The molecule has 1 unspecified atom stereocenters. The summed E-state index contributed by atoms with van der Waals surface area (Å²) in [5.74, 6) is 0. The van der Waals surface area contributed by atoms with Crippen LogP contribution in [-0.4, -0.2) is 4.98 Å². The van der Waals surface area contributed by atoms with Gasteiger partial charge in [-0.15, -0.1) is 11.3 Å². The standard InChI is InChI=1S/C14H17BrN2S/c1-9(12-5-4-6-13(15)7-12)17-11(3)14-10(2)16-8-18-14/h4-9,11,17H,1-3H3/t9-,11?/m1/s1. The van der Waals surface area contributed by atoms with Gasteiger partial charge in [-0.2, -0.15) is 0 Å². The highest BCUT2D eigenvalue weighted by Gasteiger charge is 2.14. The van der Waals surface area contributed by atoms with Crippen LogP contribution in [0.5, 0.6) is 0 Å². The third kappa shape index (κ3) is 3.19. The molecule has 1 N–H and O–H groups in total. The van der Waals surface area contributed by atoms with E-state index in [2.05, 4.69) is 65.2 Å². The number of nitrogens with zero attached hydrogens (tertiary/aromatic N) is 1. The van der Waals surface area contributed by atoms with Crippen molar-refractivity contribution in [1.29, 1.82) is 0 Å². The molecule has 0 amide bonds. The van der Waals surface area contributed by atoms with Crippen molar-refractivity contribution in [2.75, 3.05) is 0 Å². The van der Waals surface area contributed by atoms with Crippen LogP contribution in [0.15, 0.2) is 34.2 Å². The fraction of sp³-hybridized carbons (Fsp3) is 0.357. The van der Waals surface area contributed by atoms with E-state index < -0.39 is 0 Å². The largest absolute Gasteiger partial charge is 0.303 e. The van der Waals surface area contributed by atoms with Crippen molar-refractivity contribution in [2.24, 2.45) is 0 Å². The highest BCUT2D eigenvalue weighted by atomic mass is 79.9. The number of hydrogen-bond donors (Lipinski definition) is 1. The van der Waals surface area contributed by atoms with Gasteiger partial charge < -0.3 is 5.32 Å². The first-order valence-electron chi connectivity index (χ1n) is 5.99. The number of halogens is 1. The number of benzene rings is 1. The van der Waals surface area contributed by atoms with Crippen LogP contribution in [0.25, 0.3) is 0 Å². The number of rotatable bonds is 4. The predicted molar refractivity (Wildman–Crippen MR) is 81.0 cm³/mol. The Morgan fingerprint density at radius 3 is 2.67 bits per heavy atom. The highest BCUT2D eigenvalue weighted by Crippen LogP contribution is 2.25. The molecule has 0 aliphatic carbocycles. The molecule has 2 nitrogen and oxygen atoms in total. The number of aryl methyl sites for hydroxylation is 1. The number of aromatic nitrogens is 1. The third-order valence-electron chi connectivity index (χ3n) is 3.02. The van der Waals surface area contributed by atoms with Gasteiger partial charge in [0.1, 0.15) is 0 Å². The Morgan fingerprint density at radius 2 is 2.06 bits per heavy atom. The average molecular weight is 325 g/mol. The summed E-state index contributed by atoms with van der Waals surface area (Å²) < 4.78 is 1.12. The summed E-state index contributed by atoms with van der Waals surface area (Å²) in [5, 5.41) is 3.62. The van der Waals surface area contributed by atoms with Gasteiger partial charge in [-0.25, -0.2) is 4.98 Å². The van der Waals surface area contributed by atoms with Crippen molar-refractivity contribution in [3.05, 3.63) is 50.4 Å². The van der Waals surface area contributed by atoms with Gasteiger partial charge in [-0.1, -0.05) is 28.1 Å². The van der Waals surface area contributed by atoms with Crippen LogP contribution >= 0.6 is 27.3 Å². The summed E-state index contributed by atoms with van der Waals surface area (Å²) in [6, 6.07) is 9.07. The molecule has 0 fully saturated rings. The van der Waals surface area contributed by atoms with Crippen LogP contribution < -0.4 is 5.32 Å². The molecule has 0 saturated heterocycles. The quantitative estimate of drug-likeness (QED) is 0.887. The van der Waals surface area contributed by atoms with E-state index in [4.69, 9.17) is 0 Å². The third-order valence-corrected chi connectivity index (χ3v) is 4.63. The van der Waals surface area contributed by atoms with Crippen LogP contribution in [-0.2, 0) is 0 Å². The Morgan fingerprint density at radius 1 is 1.28 bits per heavy atom. The highest BCUT2D eigenvalue weighted by molar-refractivity contribution is 9.10. The maximum absolute atomic E-state index is 4.30. The summed E-state index contributed by atoms with van der Waals surface area (Å²) in [6.45, 7) is 6.44. The lowest BCUT2D eigenvalue weighted by molar-refractivity contribution is 0.498. The van der Waals surface area contributed by atoms with Gasteiger partial charge in [0.05, 0.1) is 11.2 Å². The van der Waals surface area contributed by atoms with Crippen LogP contribution in [0.1, 0.15) is 42.1 Å². The molecule has 0 saturated carbocycles. The molecule has 1 heterocycles. The summed E-state index contributed by atoms with van der Waals surface area (Å²) >= 11 is 5.23. The van der Waals surface area contributed by atoms with Crippen molar-refractivity contribution >= 4 is 27.3 Å².